The molecular weight excluding hydrogens is 132 g/mol. The number of ether oxygens (including phenoxy) is 3. The van der Waals surface area contributed by atoms with E-state index in [4.69, 9.17) is 14.2 Å². The molecule has 0 amide bonds. The van der Waals surface area contributed by atoms with Crippen molar-refractivity contribution in [2.75, 3.05) is 20.3 Å². The summed E-state index contributed by atoms with van der Waals surface area (Å²) in [6, 6.07) is 0. The predicted molar refractivity (Wildman–Crippen MR) is 36.5 cm³/mol. The smallest absolute Gasteiger partial charge is 0.285 e. The molecule has 0 aromatic carbocycles. The molecule has 60 valence electrons. The van der Waals surface area contributed by atoms with Crippen LogP contribution in [0.25, 0.3) is 0 Å². The maximum atomic E-state index is 5.31. The quantitative estimate of drug-likeness (QED) is 0.581. The molecule has 0 spiro atoms. The van der Waals surface area contributed by atoms with E-state index < -0.39 is 5.97 Å². The third-order valence-corrected chi connectivity index (χ3v) is 1.68. The highest BCUT2D eigenvalue weighted by atomic mass is 16.9. The van der Waals surface area contributed by atoms with E-state index in [0.717, 1.165) is 0 Å². The van der Waals surface area contributed by atoms with Gasteiger partial charge in [-0.3, -0.25) is 0 Å². The van der Waals surface area contributed by atoms with Gasteiger partial charge in [-0.1, -0.05) is 13.8 Å². The summed E-state index contributed by atoms with van der Waals surface area (Å²) in [5, 5.41) is 0. The van der Waals surface area contributed by atoms with Crippen LogP contribution in [0.3, 0.4) is 0 Å². The van der Waals surface area contributed by atoms with Crippen LogP contribution in [0.1, 0.15) is 13.8 Å². The maximum absolute atomic E-state index is 5.31. The molecule has 0 unspecified atom stereocenters. The normalized spacial score (nSPS) is 24.0. The van der Waals surface area contributed by atoms with Crippen LogP contribution in [0.15, 0.2) is 0 Å². The summed E-state index contributed by atoms with van der Waals surface area (Å²) in [4.78, 5) is 0. The van der Waals surface area contributed by atoms with Gasteiger partial charge in [-0.15, -0.1) is 0 Å². The Morgan fingerprint density at radius 3 is 2.00 bits per heavy atom. The molecule has 10 heavy (non-hydrogen) atoms. The van der Waals surface area contributed by atoms with Gasteiger partial charge in [0.1, 0.15) is 0 Å². The van der Waals surface area contributed by atoms with Crippen molar-refractivity contribution in [3.05, 3.63) is 0 Å². The van der Waals surface area contributed by atoms with Crippen molar-refractivity contribution >= 4 is 0 Å². The topological polar surface area (TPSA) is 27.7 Å². The zero-order valence-electron chi connectivity index (χ0n) is 6.72. The minimum atomic E-state index is -0.764. The van der Waals surface area contributed by atoms with Crippen molar-refractivity contribution in [1.29, 1.82) is 0 Å². The third kappa shape index (κ3) is 1.17. The van der Waals surface area contributed by atoms with Crippen LogP contribution >= 0.6 is 0 Å². The highest BCUT2D eigenvalue weighted by molar-refractivity contribution is 4.66. The first-order chi connectivity index (χ1) is 4.71. The average molecular weight is 146 g/mol. The maximum Gasteiger partial charge on any atom is 0.285 e. The molecule has 1 aliphatic rings. The zero-order valence-corrected chi connectivity index (χ0v) is 6.72. The van der Waals surface area contributed by atoms with E-state index >= 15 is 0 Å². The van der Waals surface area contributed by atoms with Gasteiger partial charge in [0.25, 0.3) is 5.97 Å². The summed E-state index contributed by atoms with van der Waals surface area (Å²) in [6.45, 7) is 5.28. The van der Waals surface area contributed by atoms with Crippen LogP contribution in [-0.4, -0.2) is 26.3 Å². The van der Waals surface area contributed by atoms with E-state index in [1.807, 2.05) is 13.8 Å². The molecule has 3 nitrogen and oxygen atoms in total. The molecule has 0 aliphatic carbocycles. The number of hydrogen-bond acceptors (Lipinski definition) is 3. The van der Waals surface area contributed by atoms with Crippen LogP contribution in [0.4, 0.5) is 0 Å². The molecule has 1 rings (SSSR count). The summed E-state index contributed by atoms with van der Waals surface area (Å²) < 4.78 is 15.7. The van der Waals surface area contributed by atoms with Crippen molar-refractivity contribution in [3.63, 3.8) is 0 Å². The summed E-state index contributed by atoms with van der Waals surface area (Å²) in [5.74, 6) is -0.528. The van der Waals surface area contributed by atoms with Crippen molar-refractivity contribution < 1.29 is 14.2 Å². The Bertz CT molecular complexity index is 105. The van der Waals surface area contributed by atoms with E-state index in [2.05, 4.69) is 0 Å². The van der Waals surface area contributed by atoms with Crippen LogP contribution in [0.5, 0.6) is 0 Å². The molecule has 1 saturated heterocycles. The molecule has 0 N–H and O–H groups in total. The average Bonchev–Trinajstić information content (AvgIpc) is 2.35. The Morgan fingerprint density at radius 1 is 1.30 bits per heavy atom. The monoisotopic (exact) mass is 146 g/mol. The van der Waals surface area contributed by atoms with Crippen LogP contribution in [0, 0.1) is 5.92 Å². The molecule has 1 fully saturated rings. The standard InChI is InChI=1S/C7H14O3/c1-6(2)7(8-3)9-4-5-10-7/h6H,4-5H2,1-3H3. The Labute approximate surface area is 61.3 Å². The van der Waals surface area contributed by atoms with Gasteiger partial charge in [0.2, 0.25) is 0 Å². The Morgan fingerprint density at radius 2 is 1.80 bits per heavy atom. The fourth-order valence-corrected chi connectivity index (χ4v) is 1.10. The second-order valence-corrected chi connectivity index (χ2v) is 2.66. The molecule has 1 heterocycles. The van der Waals surface area contributed by atoms with E-state index in [1.54, 1.807) is 7.11 Å². The SMILES string of the molecule is COC1(C(C)C)OCCO1. The predicted octanol–water partition coefficient (Wildman–Crippen LogP) is 0.989. The molecule has 0 aromatic rings. The lowest BCUT2D eigenvalue weighted by Crippen LogP contribution is -2.38. The summed E-state index contributed by atoms with van der Waals surface area (Å²) >= 11 is 0. The lowest BCUT2D eigenvalue weighted by atomic mass is 10.2. The van der Waals surface area contributed by atoms with Crippen molar-refractivity contribution in [2.24, 2.45) is 5.92 Å². The summed E-state index contributed by atoms with van der Waals surface area (Å²) in [5.41, 5.74) is 0. The highest BCUT2D eigenvalue weighted by Gasteiger charge is 2.40. The van der Waals surface area contributed by atoms with Gasteiger partial charge in [0, 0.05) is 13.0 Å². The van der Waals surface area contributed by atoms with Crippen molar-refractivity contribution in [2.45, 2.75) is 19.8 Å². The number of hydrogen-bond donors (Lipinski definition) is 0. The molecule has 0 saturated carbocycles. The van der Waals surface area contributed by atoms with Crippen LogP contribution in [-0.2, 0) is 14.2 Å². The lowest BCUT2D eigenvalue weighted by molar-refractivity contribution is -0.342. The van der Waals surface area contributed by atoms with Crippen molar-refractivity contribution in [1.82, 2.24) is 0 Å². The minimum Gasteiger partial charge on any atom is -0.331 e. The fourth-order valence-electron chi connectivity index (χ4n) is 1.10. The Hall–Kier alpha value is -0.120. The van der Waals surface area contributed by atoms with Gasteiger partial charge in [0.05, 0.1) is 13.2 Å². The zero-order chi connectivity index (χ0) is 7.61. The van der Waals surface area contributed by atoms with Gasteiger partial charge in [-0.25, -0.2) is 0 Å². The van der Waals surface area contributed by atoms with Gasteiger partial charge in [0.15, 0.2) is 0 Å². The van der Waals surface area contributed by atoms with Crippen molar-refractivity contribution in [3.8, 4) is 0 Å². The summed E-state index contributed by atoms with van der Waals surface area (Å²) in [6.07, 6.45) is 0. The number of methoxy groups -OCH3 is 1. The van der Waals surface area contributed by atoms with Gasteiger partial charge in [-0.2, -0.15) is 0 Å². The first-order valence-electron chi connectivity index (χ1n) is 3.54. The lowest BCUT2D eigenvalue weighted by Gasteiger charge is -2.28. The molecule has 0 aromatic heterocycles. The highest BCUT2D eigenvalue weighted by Crippen LogP contribution is 2.27. The van der Waals surface area contributed by atoms with Crippen LogP contribution < -0.4 is 0 Å². The molecule has 0 atom stereocenters. The van der Waals surface area contributed by atoms with Gasteiger partial charge < -0.3 is 14.2 Å². The van der Waals surface area contributed by atoms with Crippen LogP contribution in [0.2, 0.25) is 0 Å². The fraction of sp³-hybridized carbons (Fsp3) is 1.00. The van der Waals surface area contributed by atoms with Gasteiger partial charge >= 0.3 is 0 Å². The number of rotatable bonds is 2. The minimum absolute atomic E-state index is 0.236. The third-order valence-electron chi connectivity index (χ3n) is 1.68. The van der Waals surface area contributed by atoms with E-state index in [0.29, 0.717) is 13.2 Å². The Kier molecular flexibility index (Phi) is 2.28. The van der Waals surface area contributed by atoms with E-state index in [9.17, 15) is 0 Å². The largest absolute Gasteiger partial charge is 0.331 e. The molecule has 3 heteroatoms. The molecule has 1 aliphatic heterocycles. The molecule has 0 bridgehead atoms. The molecular formula is C7H14O3. The van der Waals surface area contributed by atoms with Gasteiger partial charge in [-0.05, 0) is 0 Å². The van der Waals surface area contributed by atoms with E-state index in [1.165, 1.54) is 0 Å². The second kappa shape index (κ2) is 2.86. The second-order valence-electron chi connectivity index (χ2n) is 2.66. The Balaban J connectivity index is 2.58. The first-order valence-corrected chi connectivity index (χ1v) is 3.54. The summed E-state index contributed by atoms with van der Waals surface area (Å²) in [7, 11) is 1.60. The van der Waals surface area contributed by atoms with E-state index in [-0.39, 0.29) is 5.92 Å². The molecule has 0 radical (unpaired) electrons. The first kappa shape index (κ1) is 7.98.